The summed E-state index contributed by atoms with van der Waals surface area (Å²) in [6.07, 6.45) is 1.84. The Morgan fingerprint density at radius 3 is 2.85 bits per heavy atom. The molecule has 0 bridgehead atoms. The van der Waals surface area contributed by atoms with Gasteiger partial charge in [0.05, 0.1) is 7.11 Å². The lowest BCUT2D eigenvalue weighted by atomic mass is 10.1. The van der Waals surface area contributed by atoms with E-state index in [9.17, 15) is 8.42 Å². The Morgan fingerprint density at radius 1 is 1.45 bits per heavy atom. The number of nitrogens with zero attached hydrogens (tertiary/aromatic N) is 1. The first-order valence-corrected chi connectivity index (χ1v) is 8.05. The molecule has 0 amide bonds. The van der Waals surface area contributed by atoms with Gasteiger partial charge in [-0.25, -0.2) is 13.1 Å². The number of anilines is 1. The highest BCUT2D eigenvalue weighted by Crippen LogP contribution is 2.26. The minimum absolute atomic E-state index is 0.0685. The van der Waals surface area contributed by atoms with Crippen LogP contribution in [-0.2, 0) is 10.0 Å². The van der Waals surface area contributed by atoms with Gasteiger partial charge in [0.25, 0.3) is 0 Å². The van der Waals surface area contributed by atoms with Crippen LogP contribution < -0.4 is 15.2 Å². The van der Waals surface area contributed by atoms with Crippen LogP contribution in [-0.4, -0.2) is 46.6 Å². The van der Waals surface area contributed by atoms with Gasteiger partial charge in [-0.1, -0.05) is 0 Å². The molecule has 20 heavy (non-hydrogen) atoms. The maximum Gasteiger partial charge on any atom is 0.244 e. The fourth-order valence-electron chi connectivity index (χ4n) is 2.45. The molecular formula is C13H21N3O3S. The van der Waals surface area contributed by atoms with Crippen molar-refractivity contribution in [2.24, 2.45) is 0 Å². The summed E-state index contributed by atoms with van der Waals surface area (Å²) in [7, 11) is -0.177. The van der Waals surface area contributed by atoms with Crippen molar-refractivity contribution in [1.29, 1.82) is 0 Å². The molecule has 1 atom stereocenters. The molecule has 1 aliphatic rings. The molecular weight excluding hydrogens is 278 g/mol. The SMILES string of the molecule is COc1cc(N)ccc1S(=O)(=O)NC1CCCN(C)C1. The van der Waals surface area contributed by atoms with E-state index < -0.39 is 10.0 Å². The quantitative estimate of drug-likeness (QED) is 0.797. The van der Waals surface area contributed by atoms with Gasteiger partial charge in [-0.3, -0.25) is 0 Å². The molecule has 7 heteroatoms. The zero-order chi connectivity index (χ0) is 14.8. The number of hydrogen-bond donors (Lipinski definition) is 2. The van der Waals surface area contributed by atoms with Gasteiger partial charge in [0.1, 0.15) is 10.6 Å². The third-order valence-corrected chi connectivity index (χ3v) is 4.98. The maximum atomic E-state index is 12.4. The number of hydrogen-bond acceptors (Lipinski definition) is 5. The van der Waals surface area contributed by atoms with Crippen LogP contribution in [0.25, 0.3) is 0 Å². The first kappa shape index (κ1) is 15.1. The van der Waals surface area contributed by atoms with E-state index in [4.69, 9.17) is 10.5 Å². The molecule has 0 radical (unpaired) electrons. The molecule has 1 saturated heterocycles. The summed E-state index contributed by atoms with van der Waals surface area (Å²) in [5.41, 5.74) is 6.12. The fraction of sp³-hybridized carbons (Fsp3) is 0.538. The van der Waals surface area contributed by atoms with E-state index in [2.05, 4.69) is 9.62 Å². The lowest BCUT2D eigenvalue weighted by molar-refractivity contribution is 0.242. The number of methoxy groups -OCH3 is 1. The minimum atomic E-state index is -3.60. The van der Waals surface area contributed by atoms with Gasteiger partial charge in [-0.05, 0) is 38.6 Å². The van der Waals surface area contributed by atoms with Crippen molar-refractivity contribution < 1.29 is 13.2 Å². The lowest BCUT2D eigenvalue weighted by Gasteiger charge is -2.30. The Kier molecular flexibility index (Phi) is 4.52. The number of piperidine rings is 1. The molecule has 0 spiro atoms. The summed E-state index contributed by atoms with van der Waals surface area (Å²) in [4.78, 5) is 2.25. The highest BCUT2D eigenvalue weighted by molar-refractivity contribution is 7.89. The van der Waals surface area contributed by atoms with Gasteiger partial charge < -0.3 is 15.4 Å². The van der Waals surface area contributed by atoms with Crippen molar-refractivity contribution in [3.05, 3.63) is 18.2 Å². The van der Waals surface area contributed by atoms with E-state index in [1.807, 2.05) is 7.05 Å². The number of nitrogens with one attached hydrogen (secondary N) is 1. The van der Waals surface area contributed by atoms with E-state index >= 15 is 0 Å². The number of nitrogens with two attached hydrogens (primary N) is 1. The third kappa shape index (κ3) is 3.41. The summed E-state index contributed by atoms with van der Waals surface area (Å²) in [5, 5.41) is 0. The number of likely N-dealkylation sites (tertiary alicyclic amines) is 1. The zero-order valence-corrected chi connectivity index (χ0v) is 12.6. The van der Waals surface area contributed by atoms with Crippen LogP contribution >= 0.6 is 0 Å². The number of ether oxygens (including phenoxy) is 1. The molecule has 0 aliphatic carbocycles. The van der Waals surface area contributed by atoms with E-state index in [0.717, 1.165) is 25.9 Å². The fourth-order valence-corrected chi connectivity index (χ4v) is 3.86. The van der Waals surface area contributed by atoms with Crippen LogP contribution in [0.2, 0.25) is 0 Å². The van der Waals surface area contributed by atoms with E-state index in [1.165, 1.54) is 19.2 Å². The Morgan fingerprint density at radius 2 is 2.20 bits per heavy atom. The van der Waals surface area contributed by atoms with E-state index in [0.29, 0.717) is 5.69 Å². The van der Waals surface area contributed by atoms with Crippen LogP contribution in [0.4, 0.5) is 5.69 Å². The first-order chi connectivity index (χ1) is 9.42. The van der Waals surface area contributed by atoms with Crippen molar-refractivity contribution in [1.82, 2.24) is 9.62 Å². The largest absolute Gasteiger partial charge is 0.495 e. The summed E-state index contributed by atoms with van der Waals surface area (Å²) in [6.45, 7) is 1.72. The lowest BCUT2D eigenvalue weighted by Crippen LogP contribution is -2.46. The molecule has 1 aromatic rings. The Hall–Kier alpha value is -1.31. The van der Waals surface area contributed by atoms with E-state index in [-0.39, 0.29) is 16.7 Å². The van der Waals surface area contributed by atoms with Crippen molar-refractivity contribution >= 4 is 15.7 Å². The Labute approximate surface area is 120 Å². The summed E-state index contributed by atoms with van der Waals surface area (Å²) >= 11 is 0. The number of benzene rings is 1. The van der Waals surface area contributed by atoms with Crippen molar-refractivity contribution in [3.63, 3.8) is 0 Å². The van der Waals surface area contributed by atoms with Crippen LogP contribution in [0, 0.1) is 0 Å². The molecule has 1 heterocycles. The van der Waals surface area contributed by atoms with Gasteiger partial charge in [-0.15, -0.1) is 0 Å². The van der Waals surface area contributed by atoms with Gasteiger partial charge in [0.2, 0.25) is 10.0 Å². The van der Waals surface area contributed by atoms with Crippen molar-refractivity contribution in [2.45, 2.75) is 23.8 Å². The van der Waals surface area contributed by atoms with Gasteiger partial charge in [-0.2, -0.15) is 0 Å². The monoisotopic (exact) mass is 299 g/mol. The van der Waals surface area contributed by atoms with Crippen LogP contribution in [0.15, 0.2) is 23.1 Å². The smallest absolute Gasteiger partial charge is 0.244 e. The number of sulfonamides is 1. The predicted octanol–water partition coefficient (Wildman–Crippen LogP) is 0.650. The molecule has 1 fully saturated rings. The molecule has 0 aromatic heterocycles. The molecule has 6 nitrogen and oxygen atoms in total. The zero-order valence-electron chi connectivity index (χ0n) is 11.8. The molecule has 3 N–H and O–H groups in total. The molecule has 0 saturated carbocycles. The number of rotatable bonds is 4. The average molecular weight is 299 g/mol. The number of nitrogen functional groups attached to an aromatic ring is 1. The number of likely N-dealkylation sites (N-methyl/N-ethyl adjacent to an activating group) is 1. The van der Waals surface area contributed by atoms with Gasteiger partial charge >= 0.3 is 0 Å². The Balaban J connectivity index is 2.22. The normalized spacial score (nSPS) is 20.8. The van der Waals surface area contributed by atoms with Crippen LogP contribution in [0.3, 0.4) is 0 Å². The van der Waals surface area contributed by atoms with Gasteiger partial charge in [0, 0.05) is 24.3 Å². The maximum absolute atomic E-state index is 12.4. The summed E-state index contributed by atoms with van der Waals surface area (Å²) in [6, 6.07) is 4.48. The highest BCUT2D eigenvalue weighted by Gasteiger charge is 2.26. The first-order valence-electron chi connectivity index (χ1n) is 6.57. The standard InChI is InChI=1S/C13H21N3O3S/c1-16-7-3-4-11(9-16)15-20(17,18)13-6-5-10(14)8-12(13)19-2/h5-6,8,11,15H,3-4,7,9,14H2,1-2H3. The highest BCUT2D eigenvalue weighted by atomic mass is 32.2. The van der Waals surface area contributed by atoms with Crippen LogP contribution in [0.5, 0.6) is 5.75 Å². The second kappa shape index (κ2) is 5.99. The summed E-state index contributed by atoms with van der Waals surface area (Å²) in [5.74, 6) is 0.265. The second-order valence-corrected chi connectivity index (χ2v) is 6.82. The minimum Gasteiger partial charge on any atom is -0.495 e. The second-order valence-electron chi connectivity index (χ2n) is 5.13. The van der Waals surface area contributed by atoms with Crippen LogP contribution in [0.1, 0.15) is 12.8 Å². The van der Waals surface area contributed by atoms with Crippen molar-refractivity contribution in [3.8, 4) is 5.75 Å². The van der Waals surface area contributed by atoms with E-state index in [1.54, 1.807) is 6.07 Å². The molecule has 1 unspecified atom stereocenters. The average Bonchev–Trinajstić information content (AvgIpc) is 2.37. The Bertz CT molecular complexity index is 574. The van der Waals surface area contributed by atoms with Crippen molar-refractivity contribution in [2.75, 3.05) is 33.0 Å². The predicted molar refractivity (Wildman–Crippen MR) is 78.2 cm³/mol. The molecule has 1 aliphatic heterocycles. The molecule has 2 rings (SSSR count). The third-order valence-electron chi connectivity index (χ3n) is 3.42. The summed E-state index contributed by atoms with van der Waals surface area (Å²) < 4.78 is 32.8. The molecule has 1 aromatic carbocycles. The molecule has 112 valence electrons. The topological polar surface area (TPSA) is 84.7 Å². The van der Waals surface area contributed by atoms with Gasteiger partial charge in [0.15, 0.2) is 0 Å².